The van der Waals surface area contributed by atoms with E-state index in [0.717, 1.165) is 6.07 Å². The fourth-order valence-electron chi connectivity index (χ4n) is 2.42. The molecule has 1 heterocycles. The van der Waals surface area contributed by atoms with Crippen molar-refractivity contribution in [3.05, 3.63) is 29.0 Å². The molecule has 1 N–H and O–H groups in total. The Morgan fingerprint density at radius 2 is 2.00 bits per heavy atom. The maximum atomic E-state index is 13.8. The van der Waals surface area contributed by atoms with Gasteiger partial charge >= 0.3 is 0 Å². The van der Waals surface area contributed by atoms with Crippen molar-refractivity contribution in [3.8, 4) is 0 Å². The minimum Gasteiger partial charge on any atom is -0.393 e. The van der Waals surface area contributed by atoms with E-state index in [4.69, 9.17) is 11.6 Å². The summed E-state index contributed by atoms with van der Waals surface area (Å²) in [5, 5.41) is 9.68. The Hall–Kier alpha value is -0.690. The fourth-order valence-corrected chi connectivity index (χ4v) is 4.10. The van der Waals surface area contributed by atoms with E-state index in [9.17, 15) is 17.9 Å². The first-order chi connectivity index (χ1) is 9.32. The highest BCUT2D eigenvalue weighted by Gasteiger charge is 2.32. The van der Waals surface area contributed by atoms with Gasteiger partial charge in [0.2, 0.25) is 10.0 Å². The monoisotopic (exact) mass is 321 g/mol. The Morgan fingerprint density at radius 1 is 1.40 bits per heavy atom. The molecule has 1 fully saturated rings. The minimum atomic E-state index is -3.84. The largest absolute Gasteiger partial charge is 0.393 e. The number of piperidine rings is 1. The van der Waals surface area contributed by atoms with Gasteiger partial charge in [-0.2, -0.15) is 4.31 Å². The zero-order chi connectivity index (χ0) is 14.9. The van der Waals surface area contributed by atoms with Gasteiger partial charge in [-0.25, -0.2) is 12.8 Å². The summed E-state index contributed by atoms with van der Waals surface area (Å²) >= 11 is 5.63. The van der Waals surface area contributed by atoms with Crippen molar-refractivity contribution in [1.29, 1.82) is 0 Å². The summed E-state index contributed by atoms with van der Waals surface area (Å²) in [5.74, 6) is -0.744. The molecule has 0 spiro atoms. The highest BCUT2D eigenvalue weighted by molar-refractivity contribution is 7.89. The molecule has 112 valence electrons. The maximum absolute atomic E-state index is 13.8. The molecule has 7 heteroatoms. The van der Waals surface area contributed by atoms with Crippen LogP contribution in [0.2, 0.25) is 5.02 Å². The van der Waals surface area contributed by atoms with Crippen molar-refractivity contribution < 1.29 is 17.9 Å². The standard InChI is InChI=1S/C13H17ClFNO3S/c1-9(17)10-4-6-16(7-5-10)20(18,19)13-3-2-11(14)8-12(13)15/h2-3,8-10,17H,4-7H2,1H3. The van der Waals surface area contributed by atoms with Crippen molar-refractivity contribution in [1.82, 2.24) is 4.31 Å². The molecule has 1 aromatic rings. The highest BCUT2D eigenvalue weighted by Crippen LogP contribution is 2.27. The van der Waals surface area contributed by atoms with Crippen LogP contribution in [-0.4, -0.2) is 37.0 Å². The van der Waals surface area contributed by atoms with Crippen LogP contribution in [0.5, 0.6) is 0 Å². The molecule has 1 aromatic carbocycles. The van der Waals surface area contributed by atoms with Crippen LogP contribution in [0, 0.1) is 11.7 Å². The summed E-state index contributed by atoms with van der Waals surface area (Å²) in [6.07, 6.45) is 0.699. The number of nitrogens with zero attached hydrogens (tertiary/aromatic N) is 1. The molecule has 1 atom stereocenters. The third-order valence-corrected chi connectivity index (χ3v) is 5.86. The summed E-state index contributed by atoms with van der Waals surface area (Å²) in [4.78, 5) is -0.350. The van der Waals surface area contributed by atoms with Gasteiger partial charge in [-0.15, -0.1) is 0 Å². The lowest BCUT2D eigenvalue weighted by Gasteiger charge is -2.32. The quantitative estimate of drug-likeness (QED) is 0.929. The average molecular weight is 322 g/mol. The predicted octanol–water partition coefficient (Wildman–Crippen LogP) is 2.26. The second-order valence-corrected chi connectivity index (χ2v) is 7.40. The summed E-state index contributed by atoms with van der Waals surface area (Å²) in [5.41, 5.74) is 0. The highest BCUT2D eigenvalue weighted by atomic mass is 35.5. The summed E-state index contributed by atoms with van der Waals surface area (Å²) in [7, 11) is -3.84. The van der Waals surface area contributed by atoms with Crippen molar-refractivity contribution in [2.24, 2.45) is 5.92 Å². The fraction of sp³-hybridized carbons (Fsp3) is 0.538. The van der Waals surface area contributed by atoms with E-state index in [1.54, 1.807) is 6.92 Å². The Balaban J connectivity index is 2.20. The van der Waals surface area contributed by atoms with Gasteiger partial charge in [0.05, 0.1) is 6.10 Å². The lowest BCUT2D eigenvalue weighted by atomic mass is 9.93. The zero-order valence-corrected chi connectivity index (χ0v) is 12.7. The van der Waals surface area contributed by atoms with Crippen LogP contribution < -0.4 is 0 Å². The third kappa shape index (κ3) is 3.14. The second kappa shape index (κ2) is 5.97. The second-order valence-electron chi connectivity index (χ2n) is 5.06. The van der Waals surface area contributed by atoms with Crippen LogP contribution in [0.25, 0.3) is 0 Å². The first kappa shape index (κ1) is 15.7. The van der Waals surface area contributed by atoms with Crippen LogP contribution >= 0.6 is 11.6 Å². The number of benzene rings is 1. The van der Waals surface area contributed by atoms with Gasteiger partial charge < -0.3 is 5.11 Å². The normalized spacial score (nSPS) is 20.0. The Labute approximate surface area is 123 Å². The van der Waals surface area contributed by atoms with Crippen LogP contribution in [0.3, 0.4) is 0 Å². The molecule has 0 bridgehead atoms. The van der Waals surface area contributed by atoms with E-state index in [1.165, 1.54) is 16.4 Å². The molecule has 0 aliphatic carbocycles. The number of hydrogen-bond donors (Lipinski definition) is 1. The Morgan fingerprint density at radius 3 is 2.50 bits per heavy atom. The minimum absolute atomic E-state index is 0.0940. The van der Waals surface area contributed by atoms with Gasteiger partial charge in [-0.1, -0.05) is 11.6 Å². The smallest absolute Gasteiger partial charge is 0.245 e. The van der Waals surface area contributed by atoms with Gasteiger partial charge in [0.25, 0.3) is 0 Å². The molecule has 1 saturated heterocycles. The zero-order valence-electron chi connectivity index (χ0n) is 11.1. The van der Waals surface area contributed by atoms with Crippen LogP contribution in [0.1, 0.15) is 19.8 Å². The third-order valence-electron chi connectivity index (χ3n) is 3.69. The number of aliphatic hydroxyl groups is 1. The van der Waals surface area contributed by atoms with Crippen molar-refractivity contribution in [2.75, 3.05) is 13.1 Å². The van der Waals surface area contributed by atoms with Crippen molar-refractivity contribution in [2.45, 2.75) is 30.8 Å². The molecular weight excluding hydrogens is 305 g/mol. The maximum Gasteiger partial charge on any atom is 0.245 e. The van der Waals surface area contributed by atoms with E-state index >= 15 is 0 Å². The van der Waals surface area contributed by atoms with Crippen molar-refractivity contribution >= 4 is 21.6 Å². The Kier molecular flexibility index (Phi) is 4.69. The first-order valence-electron chi connectivity index (χ1n) is 6.45. The SMILES string of the molecule is CC(O)C1CCN(S(=O)(=O)c2ccc(Cl)cc2F)CC1. The summed E-state index contributed by atoms with van der Waals surface area (Å²) in [6.45, 7) is 2.29. The van der Waals surface area contributed by atoms with Crippen LogP contribution in [0.4, 0.5) is 4.39 Å². The number of hydrogen-bond acceptors (Lipinski definition) is 3. The molecule has 0 saturated carbocycles. The van der Waals surface area contributed by atoms with Gasteiger partial charge in [-0.3, -0.25) is 0 Å². The lowest BCUT2D eigenvalue weighted by molar-refractivity contribution is 0.0911. The molecule has 0 aromatic heterocycles. The molecule has 20 heavy (non-hydrogen) atoms. The molecule has 1 unspecified atom stereocenters. The average Bonchev–Trinajstić information content (AvgIpc) is 2.38. The van der Waals surface area contributed by atoms with Gasteiger partial charge in [0.1, 0.15) is 10.7 Å². The summed E-state index contributed by atoms with van der Waals surface area (Å²) < 4.78 is 39.8. The molecule has 0 radical (unpaired) electrons. The first-order valence-corrected chi connectivity index (χ1v) is 8.27. The predicted molar refractivity (Wildman–Crippen MR) is 74.6 cm³/mol. The van der Waals surface area contributed by atoms with Crippen molar-refractivity contribution in [3.63, 3.8) is 0 Å². The molecule has 2 rings (SSSR count). The lowest BCUT2D eigenvalue weighted by Crippen LogP contribution is -2.40. The van der Waals surface area contributed by atoms with E-state index in [-0.39, 0.29) is 15.8 Å². The number of halogens is 2. The molecular formula is C13H17ClFNO3S. The Bertz CT molecular complexity index is 583. The summed E-state index contributed by atoms with van der Waals surface area (Å²) in [6, 6.07) is 3.55. The number of rotatable bonds is 3. The number of aliphatic hydroxyl groups excluding tert-OH is 1. The van der Waals surface area contributed by atoms with E-state index < -0.39 is 21.9 Å². The van der Waals surface area contributed by atoms with Gasteiger partial charge in [-0.05, 0) is 43.9 Å². The van der Waals surface area contributed by atoms with E-state index in [1.807, 2.05) is 0 Å². The van der Waals surface area contributed by atoms with E-state index in [0.29, 0.717) is 25.9 Å². The van der Waals surface area contributed by atoms with Gasteiger partial charge in [0, 0.05) is 18.1 Å². The van der Waals surface area contributed by atoms with Crippen LogP contribution in [0.15, 0.2) is 23.1 Å². The van der Waals surface area contributed by atoms with Crippen LogP contribution in [-0.2, 0) is 10.0 Å². The molecule has 4 nitrogen and oxygen atoms in total. The van der Waals surface area contributed by atoms with E-state index in [2.05, 4.69) is 0 Å². The molecule has 1 aliphatic heterocycles. The topological polar surface area (TPSA) is 57.6 Å². The number of sulfonamides is 1. The molecule has 0 amide bonds. The molecule has 1 aliphatic rings. The van der Waals surface area contributed by atoms with Gasteiger partial charge in [0.15, 0.2) is 0 Å².